The van der Waals surface area contributed by atoms with Gasteiger partial charge in [0, 0.05) is 21.9 Å². The second kappa shape index (κ2) is 9.03. The monoisotopic (exact) mass is 401 g/mol. The summed E-state index contributed by atoms with van der Waals surface area (Å²) in [6.07, 6.45) is 2.23. The number of halogens is 1. The zero-order chi connectivity index (χ0) is 18.2. The highest BCUT2D eigenvalue weighted by Crippen LogP contribution is 2.16. The Morgan fingerprint density at radius 2 is 1.72 bits per heavy atom. The van der Waals surface area contributed by atoms with Crippen LogP contribution in [0.3, 0.4) is 0 Å². The lowest BCUT2D eigenvalue weighted by Crippen LogP contribution is -2.36. The van der Waals surface area contributed by atoms with Crippen molar-refractivity contribution in [1.82, 2.24) is 10.9 Å². The third-order valence-corrected chi connectivity index (χ3v) is 4.19. The van der Waals surface area contributed by atoms with Crippen molar-refractivity contribution >= 4 is 33.4 Å². The lowest BCUT2D eigenvalue weighted by molar-refractivity contribution is -0.112. The number of rotatable bonds is 6. The topological polar surface area (TPSA) is 70.2 Å². The van der Waals surface area contributed by atoms with Crippen LogP contribution in [0.15, 0.2) is 64.8 Å². The number of benzene rings is 2. The van der Waals surface area contributed by atoms with Crippen molar-refractivity contribution in [3.8, 4) is 0 Å². The van der Waals surface area contributed by atoms with Gasteiger partial charge in [-0.15, -0.1) is 0 Å². The zero-order valence-electron chi connectivity index (χ0n) is 14.1. The molecule has 2 aromatic carbocycles. The average molecular weight is 402 g/mol. The maximum absolute atomic E-state index is 12.1. The molecule has 0 aliphatic carbocycles. The molecule has 0 bridgehead atoms. The standard InChI is InChI=1S/C19H20BrN3O2/c1-3-14-8-4-7-11-17(14)21-18(24)12-13(2)22-23-19(25)15-9-5-6-10-16(15)20/h4-12,22H,3H2,1-2H3,(H,21,24)(H,23,25)/b13-12+. The molecule has 0 fully saturated rings. The molecule has 2 aromatic rings. The lowest BCUT2D eigenvalue weighted by Gasteiger charge is -2.11. The number of hydrogen-bond donors (Lipinski definition) is 3. The first-order valence-electron chi connectivity index (χ1n) is 7.89. The van der Waals surface area contributed by atoms with Crippen LogP contribution in [0, 0.1) is 0 Å². The molecule has 6 heteroatoms. The molecule has 3 N–H and O–H groups in total. The van der Waals surface area contributed by atoms with Crippen molar-refractivity contribution in [2.45, 2.75) is 20.3 Å². The molecule has 0 radical (unpaired) electrons. The predicted molar refractivity (Wildman–Crippen MR) is 103 cm³/mol. The molecule has 0 heterocycles. The van der Waals surface area contributed by atoms with E-state index in [9.17, 15) is 9.59 Å². The minimum absolute atomic E-state index is 0.263. The summed E-state index contributed by atoms with van der Waals surface area (Å²) in [4.78, 5) is 24.2. The molecule has 0 unspecified atom stereocenters. The van der Waals surface area contributed by atoms with Crippen molar-refractivity contribution in [2.75, 3.05) is 5.32 Å². The first kappa shape index (κ1) is 18.7. The molecule has 2 rings (SSSR count). The minimum Gasteiger partial charge on any atom is -0.322 e. The van der Waals surface area contributed by atoms with Gasteiger partial charge in [0.05, 0.1) is 5.56 Å². The summed E-state index contributed by atoms with van der Waals surface area (Å²) >= 11 is 3.33. The fourth-order valence-electron chi connectivity index (χ4n) is 2.22. The fraction of sp³-hybridized carbons (Fsp3) is 0.158. The van der Waals surface area contributed by atoms with E-state index in [1.54, 1.807) is 25.1 Å². The van der Waals surface area contributed by atoms with Crippen molar-refractivity contribution < 1.29 is 9.59 Å². The number of hydrazine groups is 1. The van der Waals surface area contributed by atoms with E-state index in [0.29, 0.717) is 15.7 Å². The van der Waals surface area contributed by atoms with Crippen LogP contribution >= 0.6 is 15.9 Å². The van der Waals surface area contributed by atoms with Crippen LogP contribution in [0.25, 0.3) is 0 Å². The van der Waals surface area contributed by atoms with Crippen molar-refractivity contribution in [2.24, 2.45) is 0 Å². The van der Waals surface area contributed by atoms with Gasteiger partial charge in [0.1, 0.15) is 0 Å². The van der Waals surface area contributed by atoms with Crippen molar-refractivity contribution in [3.05, 3.63) is 75.9 Å². The quantitative estimate of drug-likeness (QED) is 0.509. The van der Waals surface area contributed by atoms with Crippen LogP contribution in [0.5, 0.6) is 0 Å². The molecule has 0 aliphatic heterocycles. The van der Waals surface area contributed by atoms with Crippen molar-refractivity contribution in [3.63, 3.8) is 0 Å². The van der Waals surface area contributed by atoms with E-state index in [-0.39, 0.29) is 11.8 Å². The van der Waals surface area contributed by atoms with E-state index in [0.717, 1.165) is 17.7 Å². The molecule has 0 saturated carbocycles. The van der Waals surface area contributed by atoms with Gasteiger partial charge >= 0.3 is 0 Å². The summed E-state index contributed by atoms with van der Waals surface area (Å²) in [5.41, 5.74) is 8.18. The summed E-state index contributed by atoms with van der Waals surface area (Å²) in [5, 5.41) is 2.85. The molecule has 0 atom stereocenters. The Bertz CT molecular complexity index is 803. The Balaban J connectivity index is 1.93. The van der Waals surface area contributed by atoms with E-state index < -0.39 is 0 Å². The molecule has 0 saturated heterocycles. The summed E-state index contributed by atoms with van der Waals surface area (Å²) in [5.74, 6) is -0.557. The van der Waals surface area contributed by atoms with Crippen LogP contribution in [0.1, 0.15) is 29.8 Å². The number of carbonyl (C=O) groups excluding carboxylic acids is 2. The van der Waals surface area contributed by atoms with E-state index in [4.69, 9.17) is 0 Å². The molecule has 0 spiro atoms. The first-order chi connectivity index (χ1) is 12.0. The van der Waals surface area contributed by atoms with Gasteiger partial charge in [-0.1, -0.05) is 37.3 Å². The number of aryl methyl sites for hydroxylation is 1. The Morgan fingerprint density at radius 1 is 1.04 bits per heavy atom. The largest absolute Gasteiger partial charge is 0.322 e. The van der Waals surface area contributed by atoms with Gasteiger partial charge in [-0.05, 0) is 53.0 Å². The van der Waals surface area contributed by atoms with Crippen LogP contribution in [-0.2, 0) is 11.2 Å². The van der Waals surface area contributed by atoms with Gasteiger partial charge in [-0.25, -0.2) is 0 Å². The maximum atomic E-state index is 12.1. The number of nitrogens with one attached hydrogen (secondary N) is 3. The smallest absolute Gasteiger partial charge is 0.270 e. The van der Waals surface area contributed by atoms with Gasteiger partial charge in [-0.3, -0.25) is 15.0 Å². The molecule has 0 aromatic heterocycles. The SMILES string of the molecule is CCc1ccccc1NC(=O)/C=C(\C)NNC(=O)c1ccccc1Br. The summed E-state index contributed by atoms with van der Waals surface area (Å²) < 4.78 is 0.699. The molecule has 130 valence electrons. The number of hydrogen-bond acceptors (Lipinski definition) is 3. The molecular weight excluding hydrogens is 382 g/mol. The predicted octanol–water partition coefficient (Wildman–Crippen LogP) is 3.79. The van der Waals surface area contributed by atoms with E-state index in [1.807, 2.05) is 37.3 Å². The summed E-state index contributed by atoms with van der Waals surface area (Å²) in [6.45, 7) is 3.73. The number of anilines is 1. The number of carbonyl (C=O) groups is 2. The van der Waals surface area contributed by atoms with Crippen molar-refractivity contribution in [1.29, 1.82) is 0 Å². The first-order valence-corrected chi connectivity index (χ1v) is 8.68. The Hall–Kier alpha value is -2.60. The average Bonchev–Trinajstić information content (AvgIpc) is 2.60. The fourth-order valence-corrected chi connectivity index (χ4v) is 2.68. The Kier molecular flexibility index (Phi) is 6.77. The second-order valence-corrected chi connectivity index (χ2v) is 6.24. The number of amides is 2. The third kappa shape index (κ3) is 5.46. The van der Waals surface area contributed by atoms with Gasteiger partial charge in [0.15, 0.2) is 0 Å². The van der Waals surface area contributed by atoms with Crippen LogP contribution in [0.2, 0.25) is 0 Å². The molecular formula is C19H20BrN3O2. The van der Waals surface area contributed by atoms with Gasteiger partial charge in [-0.2, -0.15) is 0 Å². The molecule has 25 heavy (non-hydrogen) atoms. The van der Waals surface area contributed by atoms with Gasteiger partial charge in [0.2, 0.25) is 5.91 Å². The number of para-hydroxylation sites is 1. The summed E-state index contributed by atoms with van der Waals surface area (Å²) in [7, 11) is 0. The number of allylic oxidation sites excluding steroid dienone is 1. The molecule has 2 amide bonds. The Morgan fingerprint density at radius 3 is 2.44 bits per heavy atom. The molecule has 5 nitrogen and oxygen atoms in total. The van der Waals surface area contributed by atoms with E-state index in [2.05, 4.69) is 32.1 Å². The van der Waals surface area contributed by atoms with Gasteiger partial charge in [0.25, 0.3) is 5.91 Å². The van der Waals surface area contributed by atoms with E-state index >= 15 is 0 Å². The Labute approximate surface area is 155 Å². The maximum Gasteiger partial charge on any atom is 0.270 e. The lowest BCUT2D eigenvalue weighted by atomic mass is 10.1. The van der Waals surface area contributed by atoms with Crippen LogP contribution in [0.4, 0.5) is 5.69 Å². The van der Waals surface area contributed by atoms with Crippen LogP contribution < -0.4 is 16.2 Å². The summed E-state index contributed by atoms with van der Waals surface area (Å²) in [6, 6.07) is 14.8. The highest BCUT2D eigenvalue weighted by atomic mass is 79.9. The highest BCUT2D eigenvalue weighted by molar-refractivity contribution is 9.10. The minimum atomic E-state index is -0.294. The van der Waals surface area contributed by atoms with Gasteiger partial charge < -0.3 is 10.7 Å². The molecule has 0 aliphatic rings. The third-order valence-electron chi connectivity index (χ3n) is 3.50. The normalized spacial score (nSPS) is 10.9. The van der Waals surface area contributed by atoms with Crippen LogP contribution in [-0.4, -0.2) is 11.8 Å². The zero-order valence-corrected chi connectivity index (χ0v) is 15.7. The highest BCUT2D eigenvalue weighted by Gasteiger charge is 2.09. The second-order valence-electron chi connectivity index (χ2n) is 5.39. The van der Waals surface area contributed by atoms with E-state index in [1.165, 1.54) is 6.08 Å².